The Bertz CT molecular complexity index is 1210. The van der Waals surface area contributed by atoms with E-state index in [1.807, 2.05) is 18.3 Å². The Hall–Kier alpha value is -2.84. The second-order valence-corrected chi connectivity index (χ2v) is 9.33. The maximum atomic E-state index is 14.5. The number of carbonyl (C=O) groups excluding carboxylic acids is 1. The number of halogens is 2. The minimum atomic E-state index is -0.432. The fourth-order valence-electron chi connectivity index (χ4n) is 5.95. The summed E-state index contributed by atoms with van der Waals surface area (Å²) in [4.78, 5) is 18.1. The van der Waals surface area contributed by atoms with Crippen molar-refractivity contribution in [1.82, 2.24) is 19.8 Å². The molecule has 3 aromatic rings. The van der Waals surface area contributed by atoms with Crippen LogP contribution in [0.2, 0.25) is 0 Å². The van der Waals surface area contributed by atoms with Crippen molar-refractivity contribution in [2.75, 3.05) is 31.1 Å². The molecular formula is C25H27F2N5O. The summed E-state index contributed by atoms with van der Waals surface area (Å²) in [5.74, 6) is -0.745. The molecule has 0 aliphatic carbocycles. The van der Waals surface area contributed by atoms with E-state index < -0.39 is 5.82 Å². The van der Waals surface area contributed by atoms with Gasteiger partial charge in [-0.1, -0.05) is 0 Å². The lowest BCUT2D eigenvalue weighted by molar-refractivity contribution is 0.0822. The molecule has 6 rings (SSSR count). The normalized spacial score (nSPS) is 25.6. The monoisotopic (exact) mass is 451 g/mol. The van der Waals surface area contributed by atoms with E-state index in [0.29, 0.717) is 11.1 Å². The number of hydrogen-bond donors (Lipinski definition) is 1. The van der Waals surface area contributed by atoms with Crippen LogP contribution in [-0.2, 0) is 0 Å². The number of aromatic nitrogens is 2. The first-order valence-electron chi connectivity index (χ1n) is 11.8. The molecule has 3 aliphatic heterocycles. The van der Waals surface area contributed by atoms with Crippen LogP contribution >= 0.6 is 0 Å². The lowest BCUT2D eigenvalue weighted by Gasteiger charge is -2.36. The minimum absolute atomic E-state index is 0.0768. The largest absolute Gasteiger partial charge is 0.364 e. The zero-order chi connectivity index (χ0) is 22.5. The molecule has 0 bridgehead atoms. The smallest absolute Gasteiger partial charge is 0.185 e. The van der Waals surface area contributed by atoms with Crippen molar-refractivity contribution in [2.24, 2.45) is 0 Å². The zero-order valence-corrected chi connectivity index (χ0v) is 18.4. The first-order valence-corrected chi connectivity index (χ1v) is 11.8. The Morgan fingerprint density at radius 3 is 2.85 bits per heavy atom. The molecule has 0 saturated carbocycles. The minimum Gasteiger partial charge on any atom is -0.364 e. The van der Waals surface area contributed by atoms with E-state index >= 15 is 0 Å². The Morgan fingerprint density at radius 1 is 1.06 bits per heavy atom. The van der Waals surface area contributed by atoms with Gasteiger partial charge >= 0.3 is 0 Å². The Kier molecular flexibility index (Phi) is 5.14. The third-order valence-corrected chi connectivity index (χ3v) is 7.52. The lowest BCUT2D eigenvalue weighted by atomic mass is 9.95. The van der Waals surface area contributed by atoms with Crippen LogP contribution in [0.15, 0.2) is 42.7 Å². The highest BCUT2D eigenvalue weighted by atomic mass is 19.1. The second kappa shape index (κ2) is 8.18. The molecule has 3 fully saturated rings. The molecule has 2 unspecified atom stereocenters. The van der Waals surface area contributed by atoms with Crippen LogP contribution < -0.4 is 10.2 Å². The molecule has 8 heteroatoms. The Morgan fingerprint density at radius 2 is 1.94 bits per heavy atom. The number of anilines is 1. The third kappa shape index (κ3) is 3.52. The molecule has 0 amide bonds. The molecule has 2 aromatic heterocycles. The number of nitrogens with zero attached hydrogens (tertiary/aromatic N) is 4. The number of benzene rings is 1. The van der Waals surface area contributed by atoms with Gasteiger partial charge in [-0.15, -0.1) is 0 Å². The van der Waals surface area contributed by atoms with Crippen molar-refractivity contribution >= 4 is 17.0 Å². The first kappa shape index (κ1) is 20.7. The van der Waals surface area contributed by atoms with Crippen LogP contribution in [-0.4, -0.2) is 58.6 Å². The number of nitrogens with one attached hydrogen (secondary N) is 1. The van der Waals surface area contributed by atoms with Crippen molar-refractivity contribution in [3.05, 3.63) is 65.5 Å². The quantitative estimate of drug-likeness (QED) is 0.615. The van der Waals surface area contributed by atoms with Crippen LogP contribution in [0.3, 0.4) is 0 Å². The predicted octanol–water partition coefficient (Wildman–Crippen LogP) is 3.57. The average Bonchev–Trinajstić information content (AvgIpc) is 3.58. The van der Waals surface area contributed by atoms with Crippen molar-refractivity contribution in [2.45, 2.75) is 43.8 Å². The van der Waals surface area contributed by atoms with Crippen molar-refractivity contribution in [3.63, 3.8) is 0 Å². The van der Waals surface area contributed by atoms with Crippen LogP contribution in [0.4, 0.5) is 14.5 Å². The molecule has 1 aromatic carbocycles. The molecular weight excluding hydrogens is 424 g/mol. The van der Waals surface area contributed by atoms with E-state index in [0.717, 1.165) is 69.1 Å². The summed E-state index contributed by atoms with van der Waals surface area (Å²) in [5.41, 5.74) is 2.63. The second-order valence-electron chi connectivity index (χ2n) is 9.33. The summed E-state index contributed by atoms with van der Waals surface area (Å²) in [6.45, 7) is 3.60. The number of Topliss-reactive ketones (excluding diaryl/α,β-unsaturated/α-hetero) is 1. The van der Waals surface area contributed by atoms with E-state index in [9.17, 15) is 13.6 Å². The topological polar surface area (TPSA) is 52.9 Å². The fourth-order valence-corrected chi connectivity index (χ4v) is 5.95. The first-order chi connectivity index (χ1) is 16.1. The lowest BCUT2D eigenvalue weighted by Crippen LogP contribution is -2.58. The molecule has 0 spiro atoms. The highest BCUT2D eigenvalue weighted by molar-refractivity contribution is 6.06. The van der Waals surface area contributed by atoms with E-state index in [-0.39, 0.29) is 29.7 Å². The zero-order valence-electron chi connectivity index (χ0n) is 18.4. The highest BCUT2D eigenvalue weighted by Gasteiger charge is 2.39. The standard InChI is InChI=1S/C25H27F2N5O/c26-16-5-6-20(27)18(13-16)21-3-2-10-31(21)17-7-11-32-23(14-17)19(15-29-32)25(33)24-22-4-1-9-30(22)12-8-28-24/h5-7,11,13-15,21-22,24,28H,1-4,8-10,12H2/t21-,22?,24?/m1/s1. The molecule has 3 atom stereocenters. The number of ketones is 1. The van der Waals surface area contributed by atoms with Gasteiger partial charge in [0.05, 0.1) is 29.4 Å². The van der Waals surface area contributed by atoms with Crippen LogP contribution in [0.25, 0.3) is 5.52 Å². The van der Waals surface area contributed by atoms with Gasteiger partial charge in [-0.3, -0.25) is 9.69 Å². The van der Waals surface area contributed by atoms with Crippen molar-refractivity contribution in [3.8, 4) is 0 Å². The number of fused-ring (bicyclic) bond motifs is 2. The van der Waals surface area contributed by atoms with Gasteiger partial charge in [0.1, 0.15) is 11.6 Å². The number of pyridine rings is 1. The predicted molar refractivity (Wildman–Crippen MR) is 122 cm³/mol. The van der Waals surface area contributed by atoms with Gasteiger partial charge in [-0.2, -0.15) is 5.10 Å². The molecule has 0 radical (unpaired) electrons. The molecule has 3 aliphatic rings. The number of piperazine rings is 1. The number of carbonyl (C=O) groups is 1. The SMILES string of the molecule is O=C(c1cnn2ccc(N3CCC[C@@H]3c3cc(F)ccc3F)cc12)C1NCCN2CCCC12. The Labute approximate surface area is 191 Å². The van der Waals surface area contributed by atoms with E-state index in [2.05, 4.69) is 20.2 Å². The summed E-state index contributed by atoms with van der Waals surface area (Å²) >= 11 is 0. The van der Waals surface area contributed by atoms with Gasteiger partial charge in [-0.25, -0.2) is 13.3 Å². The molecule has 33 heavy (non-hydrogen) atoms. The van der Waals surface area contributed by atoms with Gasteiger partial charge in [0.2, 0.25) is 0 Å². The molecule has 3 saturated heterocycles. The number of hydrogen-bond acceptors (Lipinski definition) is 5. The van der Waals surface area contributed by atoms with E-state index in [4.69, 9.17) is 0 Å². The van der Waals surface area contributed by atoms with Gasteiger partial charge in [-0.05, 0) is 62.6 Å². The third-order valence-electron chi connectivity index (χ3n) is 7.52. The molecule has 1 N–H and O–H groups in total. The fraction of sp³-hybridized carbons (Fsp3) is 0.440. The number of rotatable bonds is 4. The summed E-state index contributed by atoms with van der Waals surface area (Å²) < 4.78 is 30.1. The van der Waals surface area contributed by atoms with Gasteiger partial charge in [0.25, 0.3) is 0 Å². The molecule has 5 heterocycles. The summed E-state index contributed by atoms with van der Waals surface area (Å²) in [5, 5.41) is 7.85. The van der Waals surface area contributed by atoms with E-state index in [1.165, 1.54) is 12.1 Å². The van der Waals surface area contributed by atoms with E-state index in [1.54, 1.807) is 10.7 Å². The molecule has 172 valence electrons. The van der Waals surface area contributed by atoms with Gasteiger partial charge in [0, 0.05) is 43.1 Å². The van der Waals surface area contributed by atoms with Gasteiger partial charge < -0.3 is 10.2 Å². The maximum absolute atomic E-state index is 14.5. The van der Waals surface area contributed by atoms with Crippen molar-refractivity contribution < 1.29 is 13.6 Å². The summed E-state index contributed by atoms with van der Waals surface area (Å²) in [7, 11) is 0. The summed E-state index contributed by atoms with van der Waals surface area (Å²) in [6, 6.07) is 7.32. The Balaban J connectivity index is 1.34. The van der Waals surface area contributed by atoms with Crippen LogP contribution in [0.1, 0.15) is 47.6 Å². The van der Waals surface area contributed by atoms with Gasteiger partial charge in [0.15, 0.2) is 5.78 Å². The highest BCUT2D eigenvalue weighted by Crippen LogP contribution is 2.38. The average molecular weight is 452 g/mol. The van der Waals surface area contributed by atoms with Crippen LogP contribution in [0.5, 0.6) is 0 Å². The van der Waals surface area contributed by atoms with Crippen molar-refractivity contribution in [1.29, 1.82) is 0 Å². The molecule has 6 nitrogen and oxygen atoms in total. The van der Waals surface area contributed by atoms with Crippen LogP contribution in [0, 0.1) is 11.6 Å². The maximum Gasteiger partial charge on any atom is 0.185 e. The summed E-state index contributed by atoms with van der Waals surface area (Å²) in [6.07, 6.45) is 7.30.